The molecule has 230 valence electrons. The van der Waals surface area contributed by atoms with Gasteiger partial charge in [-0.2, -0.15) is 0 Å². The maximum atomic E-state index is 13.4. The Hall–Kier alpha value is -4.66. The number of benzene rings is 1. The van der Waals surface area contributed by atoms with E-state index in [1.807, 2.05) is 0 Å². The Morgan fingerprint density at radius 2 is 1.36 bits per heavy atom. The van der Waals surface area contributed by atoms with Crippen LogP contribution in [0.2, 0.25) is 0 Å². The quantitative estimate of drug-likeness (QED) is 0.101. The number of carbonyl (C=O) groups is 8. The number of carboxylic acid groups (broad SMARTS) is 3. The minimum Gasteiger partial charge on any atom is -0.481 e. The number of hydrogen-bond acceptors (Lipinski definition) is 9. The highest BCUT2D eigenvalue weighted by Crippen LogP contribution is 2.18. The molecule has 0 aromatic heterocycles. The lowest BCUT2D eigenvalue weighted by atomic mass is 9.83. The smallest absolute Gasteiger partial charge is 0.305 e. The Kier molecular flexibility index (Phi) is 13.4. The van der Waals surface area contributed by atoms with Crippen molar-refractivity contribution < 1.29 is 53.7 Å². The van der Waals surface area contributed by atoms with Gasteiger partial charge in [0.05, 0.1) is 18.9 Å². The topological polar surface area (TPSA) is 259 Å². The van der Waals surface area contributed by atoms with E-state index in [9.17, 15) is 48.6 Å². The van der Waals surface area contributed by atoms with E-state index >= 15 is 0 Å². The molecule has 0 saturated carbocycles. The molecule has 0 bridgehead atoms. The molecule has 1 unspecified atom stereocenters. The minimum absolute atomic E-state index is 0.193. The first-order chi connectivity index (χ1) is 19.5. The molecule has 1 aromatic rings. The van der Waals surface area contributed by atoms with Crippen molar-refractivity contribution in [1.82, 2.24) is 16.0 Å². The van der Waals surface area contributed by atoms with E-state index in [0.29, 0.717) is 5.56 Å². The fraction of sp³-hybridized carbons (Fsp3) is 0.481. The number of aliphatic carboxylic acids is 3. The summed E-state index contributed by atoms with van der Waals surface area (Å²) in [5, 5.41) is 34.3. The van der Waals surface area contributed by atoms with Gasteiger partial charge in [0.25, 0.3) is 0 Å². The molecule has 0 spiro atoms. The number of nitrogens with one attached hydrogen (secondary N) is 3. The molecule has 0 fully saturated rings. The minimum atomic E-state index is -2.70. The summed E-state index contributed by atoms with van der Waals surface area (Å²) in [6.07, 6.45) is -3.54. The van der Waals surface area contributed by atoms with Gasteiger partial charge in [-0.3, -0.25) is 38.4 Å². The van der Waals surface area contributed by atoms with Crippen molar-refractivity contribution in [2.45, 2.75) is 76.5 Å². The summed E-state index contributed by atoms with van der Waals surface area (Å²) in [6.45, 7) is 3.97. The number of hydrogen-bond donors (Lipinski definition) is 7. The zero-order valence-corrected chi connectivity index (χ0v) is 23.4. The SMILES string of the molecule is CC(=O)N[C@@H](CC(=O)O)C(=O)C(N)(CCC(=O)O)C(=O)N[C@H](C(=O)N[C@@H](CC(=O)O)C(=O)Cc1ccccc1)C(C)C. The fourth-order valence-corrected chi connectivity index (χ4v) is 4.00. The van der Waals surface area contributed by atoms with Gasteiger partial charge in [-0.05, 0) is 17.9 Å². The van der Waals surface area contributed by atoms with Crippen LogP contribution in [0.3, 0.4) is 0 Å². The van der Waals surface area contributed by atoms with E-state index in [1.165, 1.54) is 13.8 Å². The van der Waals surface area contributed by atoms with Gasteiger partial charge < -0.3 is 37.0 Å². The normalized spacial score (nSPS) is 14.4. The third-order valence-corrected chi connectivity index (χ3v) is 6.19. The van der Waals surface area contributed by atoms with Gasteiger partial charge in [-0.1, -0.05) is 44.2 Å². The average molecular weight is 593 g/mol. The van der Waals surface area contributed by atoms with E-state index in [4.69, 9.17) is 10.8 Å². The molecule has 0 aliphatic heterocycles. The van der Waals surface area contributed by atoms with E-state index in [-0.39, 0.29) is 6.42 Å². The van der Waals surface area contributed by atoms with Gasteiger partial charge in [-0.15, -0.1) is 0 Å². The molecule has 42 heavy (non-hydrogen) atoms. The molecule has 0 saturated heterocycles. The standard InChI is InChI=1S/C27H36N4O11/c1-14(2)23(25(41)30-17(12-21(36)37)19(33)11-16-7-5-4-6-8-16)31-26(42)27(28,10-9-20(34)35)24(40)18(13-22(38)39)29-15(3)32/h4-8,14,17-18,23H,9-13,28H2,1-3H3,(H,29,32)(H,30,41)(H,31,42)(H,34,35)(H,36,37)(H,38,39)/t17-,18-,23-,27?/m0/s1. The van der Waals surface area contributed by atoms with Crippen LogP contribution in [0.25, 0.3) is 0 Å². The predicted molar refractivity (Wildman–Crippen MR) is 145 cm³/mol. The number of Topliss-reactive ketones (excluding diaryl/α,β-unsaturated/α-hetero) is 2. The van der Waals surface area contributed by atoms with Crippen LogP contribution < -0.4 is 21.7 Å². The maximum Gasteiger partial charge on any atom is 0.305 e. The molecule has 15 heteroatoms. The third-order valence-electron chi connectivity index (χ3n) is 6.19. The van der Waals surface area contributed by atoms with Crippen molar-refractivity contribution in [3.05, 3.63) is 35.9 Å². The van der Waals surface area contributed by atoms with Crippen molar-refractivity contribution in [2.75, 3.05) is 0 Å². The molecule has 1 aromatic carbocycles. The number of nitrogens with two attached hydrogens (primary N) is 1. The van der Waals surface area contributed by atoms with Gasteiger partial charge in [0, 0.05) is 19.8 Å². The van der Waals surface area contributed by atoms with Gasteiger partial charge in [0.15, 0.2) is 17.1 Å². The number of carbonyl (C=O) groups excluding carboxylic acids is 5. The number of amides is 3. The second kappa shape index (κ2) is 16.0. The highest BCUT2D eigenvalue weighted by atomic mass is 16.4. The molecule has 0 heterocycles. The van der Waals surface area contributed by atoms with Gasteiger partial charge in [0.1, 0.15) is 12.1 Å². The second-order valence-corrected chi connectivity index (χ2v) is 10.1. The Labute approximate surface area is 241 Å². The first-order valence-electron chi connectivity index (χ1n) is 12.9. The highest BCUT2D eigenvalue weighted by molar-refractivity contribution is 6.14. The lowest BCUT2D eigenvalue weighted by Gasteiger charge is -2.33. The van der Waals surface area contributed by atoms with Crippen LogP contribution >= 0.6 is 0 Å². The summed E-state index contributed by atoms with van der Waals surface area (Å²) >= 11 is 0. The van der Waals surface area contributed by atoms with Crippen LogP contribution in [0.4, 0.5) is 0 Å². The van der Waals surface area contributed by atoms with E-state index in [2.05, 4.69) is 16.0 Å². The van der Waals surface area contributed by atoms with Crippen LogP contribution in [0, 0.1) is 5.92 Å². The first-order valence-corrected chi connectivity index (χ1v) is 12.9. The van der Waals surface area contributed by atoms with Crippen molar-refractivity contribution >= 4 is 47.2 Å². The molecule has 8 N–H and O–H groups in total. The summed E-state index contributed by atoms with van der Waals surface area (Å²) < 4.78 is 0. The number of carboxylic acids is 3. The molecule has 4 atom stereocenters. The monoisotopic (exact) mass is 592 g/mol. The van der Waals surface area contributed by atoms with Gasteiger partial charge in [0.2, 0.25) is 17.7 Å². The highest BCUT2D eigenvalue weighted by Gasteiger charge is 2.47. The zero-order chi connectivity index (χ0) is 32.2. The van der Waals surface area contributed by atoms with Crippen LogP contribution in [-0.4, -0.2) is 86.2 Å². The van der Waals surface area contributed by atoms with E-state index < -0.39 is 102 Å². The molecule has 15 nitrogen and oxygen atoms in total. The predicted octanol–water partition coefficient (Wildman–Crippen LogP) is -0.991. The molecular weight excluding hydrogens is 556 g/mol. The van der Waals surface area contributed by atoms with E-state index in [0.717, 1.165) is 6.92 Å². The van der Waals surface area contributed by atoms with Crippen LogP contribution in [0.15, 0.2) is 30.3 Å². The van der Waals surface area contributed by atoms with Crippen molar-refractivity contribution in [3.63, 3.8) is 0 Å². The summed E-state index contributed by atoms with van der Waals surface area (Å²) in [5.74, 6) is -10.1. The van der Waals surface area contributed by atoms with Crippen molar-refractivity contribution in [1.29, 1.82) is 0 Å². The second-order valence-electron chi connectivity index (χ2n) is 10.1. The van der Waals surface area contributed by atoms with Crippen LogP contribution in [-0.2, 0) is 44.8 Å². The number of rotatable bonds is 18. The van der Waals surface area contributed by atoms with E-state index in [1.54, 1.807) is 30.3 Å². The zero-order valence-electron chi connectivity index (χ0n) is 23.4. The maximum absolute atomic E-state index is 13.4. The molecule has 1 rings (SSSR count). The Morgan fingerprint density at radius 3 is 1.83 bits per heavy atom. The van der Waals surface area contributed by atoms with Crippen molar-refractivity contribution in [3.8, 4) is 0 Å². The lowest BCUT2D eigenvalue weighted by Crippen LogP contribution is -2.67. The Morgan fingerprint density at radius 1 is 0.810 bits per heavy atom. The summed E-state index contributed by atoms with van der Waals surface area (Å²) in [7, 11) is 0. The lowest BCUT2D eigenvalue weighted by molar-refractivity contribution is -0.146. The molecular formula is C27H36N4O11. The van der Waals surface area contributed by atoms with Crippen LogP contribution in [0.5, 0.6) is 0 Å². The molecule has 3 amide bonds. The first kappa shape index (κ1) is 35.4. The largest absolute Gasteiger partial charge is 0.481 e. The fourth-order valence-electron chi connectivity index (χ4n) is 4.00. The van der Waals surface area contributed by atoms with Gasteiger partial charge in [-0.25, -0.2) is 0 Å². The Balaban J connectivity index is 3.31. The Bertz CT molecular complexity index is 1190. The summed E-state index contributed by atoms with van der Waals surface area (Å²) in [5.41, 5.74) is 3.98. The third kappa shape index (κ3) is 11.1. The molecule has 0 radical (unpaired) electrons. The average Bonchev–Trinajstić information content (AvgIpc) is 2.88. The molecule has 0 aliphatic carbocycles. The van der Waals surface area contributed by atoms with Crippen molar-refractivity contribution in [2.24, 2.45) is 11.7 Å². The number of ketones is 2. The van der Waals surface area contributed by atoms with Crippen LogP contribution in [0.1, 0.15) is 52.0 Å². The van der Waals surface area contributed by atoms with Gasteiger partial charge >= 0.3 is 17.9 Å². The summed E-state index contributed by atoms with van der Waals surface area (Å²) in [4.78, 5) is 98.4. The molecule has 0 aliphatic rings. The summed E-state index contributed by atoms with van der Waals surface area (Å²) in [6, 6.07) is 3.59.